The summed E-state index contributed by atoms with van der Waals surface area (Å²) in [6.07, 6.45) is 0.988. The van der Waals surface area contributed by atoms with Crippen molar-refractivity contribution in [3.63, 3.8) is 0 Å². The van der Waals surface area contributed by atoms with E-state index < -0.39 is 0 Å². The van der Waals surface area contributed by atoms with Crippen LogP contribution in [0, 0.1) is 3.57 Å². The van der Waals surface area contributed by atoms with E-state index in [1.165, 1.54) is 9.13 Å². The normalized spacial score (nSPS) is 15.0. The highest BCUT2D eigenvalue weighted by atomic mass is 127. The van der Waals surface area contributed by atoms with Gasteiger partial charge < -0.3 is 10.5 Å². The number of para-hydroxylation sites is 1. The average Bonchev–Trinajstić information content (AvgIpc) is 2.86. The van der Waals surface area contributed by atoms with E-state index >= 15 is 0 Å². The molecule has 0 aliphatic carbocycles. The van der Waals surface area contributed by atoms with E-state index in [1.807, 2.05) is 12.1 Å². The summed E-state index contributed by atoms with van der Waals surface area (Å²) in [6.45, 7) is 0.769. The summed E-state index contributed by atoms with van der Waals surface area (Å²) in [6, 6.07) is 14.4. The molecule has 2 nitrogen and oxygen atoms in total. The zero-order valence-corrected chi connectivity index (χ0v) is 12.1. The Morgan fingerprint density at radius 1 is 1.06 bits per heavy atom. The first-order chi connectivity index (χ1) is 8.77. The first kappa shape index (κ1) is 12.0. The molecule has 2 aromatic carbocycles. The lowest BCUT2D eigenvalue weighted by molar-refractivity contribution is 0.352. The Balaban J connectivity index is 2.06. The SMILES string of the molecule is NC(c1ccccc1I)c1cccc2c1OCC2. The molecule has 92 valence electrons. The second kappa shape index (κ2) is 4.90. The molecule has 0 amide bonds. The summed E-state index contributed by atoms with van der Waals surface area (Å²) in [5, 5.41) is 0. The Bertz CT molecular complexity index is 582. The third-order valence-electron chi connectivity index (χ3n) is 3.32. The molecule has 1 unspecified atom stereocenters. The highest BCUT2D eigenvalue weighted by Crippen LogP contribution is 2.35. The molecule has 0 saturated heterocycles. The molecule has 3 heteroatoms. The van der Waals surface area contributed by atoms with Gasteiger partial charge in [0.2, 0.25) is 0 Å². The molecule has 0 bridgehead atoms. The Hall–Kier alpha value is -1.07. The van der Waals surface area contributed by atoms with Crippen LogP contribution in [0.2, 0.25) is 0 Å². The number of hydrogen-bond acceptors (Lipinski definition) is 2. The van der Waals surface area contributed by atoms with Crippen LogP contribution < -0.4 is 10.5 Å². The zero-order valence-electron chi connectivity index (χ0n) is 9.90. The molecule has 0 fully saturated rings. The molecular weight excluding hydrogens is 337 g/mol. The van der Waals surface area contributed by atoms with Gasteiger partial charge in [0, 0.05) is 15.6 Å². The number of nitrogens with two attached hydrogens (primary N) is 1. The van der Waals surface area contributed by atoms with Crippen molar-refractivity contribution in [2.75, 3.05) is 6.61 Å². The summed E-state index contributed by atoms with van der Waals surface area (Å²) in [7, 11) is 0. The maximum Gasteiger partial charge on any atom is 0.127 e. The minimum Gasteiger partial charge on any atom is -0.493 e. The van der Waals surface area contributed by atoms with Gasteiger partial charge in [0.15, 0.2) is 0 Å². The fourth-order valence-corrected chi connectivity index (χ4v) is 3.10. The molecule has 1 aliphatic heterocycles. The molecule has 2 aromatic rings. The molecule has 0 aromatic heterocycles. The maximum atomic E-state index is 6.41. The predicted octanol–water partition coefficient (Wildman–Crippen LogP) is 3.27. The van der Waals surface area contributed by atoms with Crippen LogP contribution in [0.1, 0.15) is 22.7 Å². The molecule has 0 spiro atoms. The average molecular weight is 351 g/mol. The third-order valence-corrected chi connectivity index (χ3v) is 4.30. The van der Waals surface area contributed by atoms with Gasteiger partial charge in [0.25, 0.3) is 0 Å². The molecular formula is C15H14INO. The predicted molar refractivity (Wildman–Crippen MR) is 80.8 cm³/mol. The number of benzene rings is 2. The van der Waals surface area contributed by atoms with Crippen molar-refractivity contribution in [3.8, 4) is 5.75 Å². The summed E-state index contributed by atoms with van der Waals surface area (Å²) < 4.78 is 6.92. The number of ether oxygens (including phenoxy) is 1. The van der Waals surface area contributed by atoms with E-state index in [0.717, 1.165) is 29.9 Å². The molecule has 2 N–H and O–H groups in total. The number of rotatable bonds is 2. The van der Waals surface area contributed by atoms with Crippen LogP contribution in [0.4, 0.5) is 0 Å². The first-order valence-electron chi connectivity index (χ1n) is 6.02. The first-order valence-corrected chi connectivity index (χ1v) is 7.10. The van der Waals surface area contributed by atoms with Crippen molar-refractivity contribution in [1.29, 1.82) is 0 Å². The lowest BCUT2D eigenvalue weighted by Crippen LogP contribution is -2.14. The van der Waals surface area contributed by atoms with Gasteiger partial charge in [-0.3, -0.25) is 0 Å². The molecule has 1 atom stereocenters. The van der Waals surface area contributed by atoms with E-state index in [1.54, 1.807) is 0 Å². The fraction of sp³-hybridized carbons (Fsp3) is 0.200. The number of fused-ring (bicyclic) bond motifs is 1. The molecule has 0 saturated carbocycles. The van der Waals surface area contributed by atoms with E-state index in [2.05, 4.69) is 52.9 Å². The van der Waals surface area contributed by atoms with Gasteiger partial charge in [-0.15, -0.1) is 0 Å². The highest BCUT2D eigenvalue weighted by molar-refractivity contribution is 14.1. The van der Waals surface area contributed by atoms with Crippen LogP contribution in [0.5, 0.6) is 5.75 Å². The quantitative estimate of drug-likeness (QED) is 0.843. The fourth-order valence-electron chi connectivity index (χ4n) is 2.38. The van der Waals surface area contributed by atoms with Gasteiger partial charge in [-0.1, -0.05) is 36.4 Å². The van der Waals surface area contributed by atoms with Gasteiger partial charge >= 0.3 is 0 Å². The van der Waals surface area contributed by atoms with Gasteiger partial charge in [0.05, 0.1) is 12.6 Å². The second-order valence-electron chi connectivity index (χ2n) is 4.43. The van der Waals surface area contributed by atoms with E-state index in [4.69, 9.17) is 10.5 Å². The van der Waals surface area contributed by atoms with Crippen LogP contribution in [-0.4, -0.2) is 6.61 Å². The lowest BCUT2D eigenvalue weighted by Gasteiger charge is -2.17. The standard InChI is InChI=1S/C15H14INO/c16-13-7-2-1-5-11(13)14(17)12-6-3-4-10-8-9-18-15(10)12/h1-7,14H,8-9,17H2. The second-order valence-corrected chi connectivity index (χ2v) is 5.60. The largest absolute Gasteiger partial charge is 0.493 e. The molecule has 1 heterocycles. The molecule has 18 heavy (non-hydrogen) atoms. The highest BCUT2D eigenvalue weighted by Gasteiger charge is 2.21. The van der Waals surface area contributed by atoms with Crippen LogP contribution in [0.15, 0.2) is 42.5 Å². The van der Waals surface area contributed by atoms with E-state index in [0.29, 0.717) is 0 Å². The van der Waals surface area contributed by atoms with Gasteiger partial charge in [-0.25, -0.2) is 0 Å². The van der Waals surface area contributed by atoms with Crippen molar-refractivity contribution >= 4 is 22.6 Å². The smallest absolute Gasteiger partial charge is 0.127 e. The van der Waals surface area contributed by atoms with Crippen molar-refractivity contribution in [2.24, 2.45) is 5.73 Å². The Labute approximate surface area is 120 Å². The van der Waals surface area contributed by atoms with Crippen molar-refractivity contribution < 1.29 is 4.74 Å². The lowest BCUT2D eigenvalue weighted by atomic mass is 9.97. The number of halogens is 1. The zero-order chi connectivity index (χ0) is 12.5. The number of hydrogen-bond donors (Lipinski definition) is 1. The molecule has 0 radical (unpaired) electrons. The third kappa shape index (κ3) is 2.01. The summed E-state index contributed by atoms with van der Waals surface area (Å²) >= 11 is 2.33. The monoisotopic (exact) mass is 351 g/mol. The van der Waals surface area contributed by atoms with Crippen LogP contribution in [-0.2, 0) is 6.42 Å². The van der Waals surface area contributed by atoms with Gasteiger partial charge in [-0.2, -0.15) is 0 Å². The summed E-state index contributed by atoms with van der Waals surface area (Å²) in [4.78, 5) is 0. The Morgan fingerprint density at radius 3 is 2.67 bits per heavy atom. The van der Waals surface area contributed by atoms with E-state index in [9.17, 15) is 0 Å². The Kier molecular flexibility index (Phi) is 3.26. The minimum absolute atomic E-state index is 0.119. The Morgan fingerprint density at radius 2 is 1.83 bits per heavy atom. The van der Waals surface area contributed by atoms with Crippen molar-refractivity contribution in [2.45, 2.75) is 12.5 Å². The van der Waals surface area contributed by atoms with Crippen LogP contribution >= 0.6 is 22.6 Å². The summed E-state index contributed by atoms with van der Waals surface area (Å²) in [5.74, 6) is 0.990. The van der Waals surface area contributed by atoms with Gasteiger partial charge in [0.1, 0.15) is 5.75 Å². The van der Waals surface area contributed by atoms with Crippen molar-refractivity contribution in [3.05, 3.63) is 62.7 Å². The molecule has 1 aliphatic rings. The van der Waals surface area contributed by atoms with Crippen LogP contribution in [0.3, 0.4) is 0 Å². The van der Waals surface area contributed by atoms with Crippen LogP contribution in [0.25, 0.3) is 0 Å². The maximum absolute atomic E-state index is 6.41. The van der Waals surface area contributed by atoms with Crippen molar-refractivity contribution in [1.82, 2.24) is 0 Å². The minimum atomic E-state index is -0.119. The topological polar surface area (TPSA) is 35.2 Å². The van der Waals surface area contributed by atoms with E-state index in [-0.39, 0.29) is 6.04 Å². The summed E-state index contributed by atoms with van der Waals surface area (Å²) in [5.41, 5.74) is 9.92. The molecule has 3 rings (SSSR count). The van der Waals surface area contributed by atoms with Gasteiger partial charge in [-0.05, 0) is 39.8 Å².